The second-order valence-corrected chi connectivity index (χ2v) is 15.2. The van der Waals surface area contributed by atoms with Crippen LogP contribution in [0.25, 0.3) is 94.7 Å². The molecule has 10 aromatic rings. The molecule has 0 saturated heterocycles. The number of fused-ring (bicyclic) bond motifs is 7. The minimum Gasteiger partial charge on any atom is -0.309 e. The number of nitrogens with zero attached hydrogens (tertiary/aromatic N) is 4. The van der Waals surface area contributed by atoms with E-state index in [1.54, 1.807) is 0 Å². The van der Waals surface area contributed by atoms with Gasteiger partial charge in [0.1, 0.15) is 0 Å². The predicted molar refractivity (Wildman–Crippen MR) is 231 cm³/mol. The summed E-state index contributed by atoms with van der Waals surface area (Å²) in [5, 5.41) is 4.83. The van der Waals surface area contributed by atoms with Gasteiger partial charge in [0, 0.05) is 38.6 Å². The molecule has 2 aromatic heterocycles. The van der Waals surface area contributed by atoms with Gasteiger partial charge in [-0.3, -0.25) is 0 Å². The van der Waals surface area contributed by atoms with Gasteiger partial charge in [-0.15, -0.1) is 0 Å². The second kappa shape index (κ2) is 12.4. The van der Waals surface area contributed by atoms with Gasteiger partial charge in [-0.25, -0.2) is 15.0 Å². The monoisotopic (exact) mass is 716 g/mol. The SMILES string of the molecule is CC1(C)c2ccccc2-c2cc3c4ccccc4n(-c4ccc(-c5cccc6ccccc56)c(-c5nc(-c6ccccc6)nc(-c6ccccc6)n5)c4)c3cc21. The first kappa shape index (κ1) is 32.3. The molecule has 4 heteroatoms. The van der Waals surface area contributed by atoms with E-state index in [1.165, 1.54) is 49.3 Å². The van der Waals surface area contributed by atoms with Crippen LogP contribution in [0.5, 0.6) is 0 Å². The highest BCUT2D eigenvalue weighted by Crippen LogP contribution is 2.51. The Morgan fingerprint density at radius 2 is 0.982 bits per heavy atom. The molecule has 0 unspecified atom stereocenters. The Morgan fingerprint density at radius 3 is 1.75 bits per heavy atom. The van der Waals surface area contributed by atoms with E-state index in [4.69, 9.17) is 15.0 Å². The fourth-order valence-corrected chi connectivity index (χ4v) is 8.92. The standard InChI is InChI=1S/C52H36N4/c1-52(2)45-26-13-11-23-40(45)42-31-43-41-24-12-14-27-47(41)56(48(43)32-46(42)52)36-28-29-39(38-25-15-21-33-16-9-10-22-37(33)38)44(30-36)51-54-49(34-17-5-3-6-18-34)53-50(55-51)35-19-7-4-8-20-35/h3-32H,1-2H3. The molecular formula is C52H36N4. The number of rotatable bonds is 5. The number of aromatic nitrogens is 4. The fraction of sp³-hybridized carbons (Fsp3) is 0.0577. The molecule has 0 spiro atoms. The van der Waals surface area contributed by atoms with Crippen molar-refractivity contribution in [1.29, 1.82) is 0 Å². The maximum Gasteiger partial charge on any atom is 0.164 e. The number of benzene rings is 8. The van der Waals surface area contributed by atoms with Crippen molar-refractivity contribution in [3.8, 4) is 62.1 Å². The van der Waals surface area contributed by atoms with E-state index in [-0.39, 0.29) is 5.41 Å². The van der Waals surface area contributed by atoms with Gasteiger partial charge in [0.2, 0.25) is 0 Å². The largest absolute Gasteiger partial charge is 0.309 e. The van der Waals surface area contributed by atoms with Crippen molar-refractivity contribution in [2.75, 3.05) is 0 Å². The summed E-state index contributed by atoms with van der Waals surface area (Å²) < 4.78 is 2.43. The zero-order chi connectivity index (χ0) is 37.4. The van der Waals surface area contributed by atoms with E-state index in [9.17, 15) is 0 Å². The fourth-order valence-electron chi connectivity index (χ4n) is 8.92. The molecule has 0 aliphatic heterocycles. The number of para-hydroxylation sites is 1. The summed E-state index contributed by atoms with van der Waals surface area (Å²) in [6.07, 6.45) is 0. The van der Waals surface area contributed by atoms with Crippen molar-refractivity contribution in [2.24, 2.45) is 0 Å². The molecule has 56 heavy (non-hydrogen) atoms. The quantitative estimate of drug-likeness (QED) is 0.178. The third-order valence-electron chi connectivity index (χ3n) is 11.7. The van der Waals surface area contributed by atoms with Crippen molar-refractivity contribution in [1.82, 2.24) is 19.5 Å². The average molecular weight is 717 g/mol. The predicted octanol–water partition coefficient (Wildman–Crippen LogP) is 13.1. The van der Waals surface area contributed by atoms with Crippen LogP contribution in [-0.2, 0) is 5.41 Å². The molecule has 2 heterocycles. The summed E-state index contributed by atoms with van der Waals surface area (Å²) >= 11 is 0. The number of hydrogen-bond donors (Lipinski definition) is 0. The van der Waals surface area contributed by atoms with Crippen LogP contribution in [0.1, 0.15) is 25.0 Å². The Morgan fingerprint density at radius 1 is 0.375 bits per heavy atom. The van der Waals surface area contributed by atoms with Crippen LogP contribution < -0.4 is 0 Å². The maximum absolute atomic E-state index is 5.27. The molecule has 0 radical (unpaired) electrons. The molecule has 11 rings (SSSR count). The van der Waals surface area contributed by atoms with Gasteiger partial charge in [-0.1, -0.05) is 166 Å². The highest BCUT2D eigenvalue weighted by Gasteiger charge is 2.36. The normalized spacial score (nSPS) is 13.0. The molecule has 1 aliphatic rings. The van der Waals surface area contributed by atoms with Gasteiger partial charge in [0.15, 0.2) is 17.5 Å². The lowest BCUT2D eigenvalue weighted by Crippen LogP contribution is -2.15. The third-order valence-corrected chi connectivity index (χ3v) is 11.7. The Balaban J connectivity index is 1.21. The lowest BCUT2D eigenvalue weighted by Gasteiger charge is -2.22. The molecule has 4 nitrogen and oxygen atoms in total. The Kier molecular flexibility index (Phi) is 7.17. The zero-order valence-electron chi connectivity index (χ0n) is 31.1. The van der Waals surface area contributed by atoms with Crippen LogP contribution in [0, 0.1) is 0 Å². The van der Waals surface area contributed by atoms with Gasteiger partial charge >= 0.3 is 0 Å². The molecule has 0 amide bonds. The second-order valence-electron chi connectivity index (χ2n) is 15.2. The van der Waals surface area contributed by atoms with E-state index in [0.29, 0.717) is 17.5 Å². The van der Waals surface area contributed by atoms with E-state index >= 15 is 0 Å². The maximum atomic E-state index is 5.27. The van der Waals surface area contributed by atoms with Gasteiger partial charge in [-0.2, -0.15) is 0 Å². The first-order valence-corrected chi connectivity index (χ1v) is 19.2. The van der Waals surface area contributed by atoms with Crippen molar-refractivity contribution in [3.63, 3.8) is 0 Å². The molecular weight excluding hydrogens is 681 g/mol. The summed E-state index contributed by atoms with van der Waals surface area (Å²) in [6, 6.07) is 64.8. The Labute approximate surface area is 325 Å². The van der Waals surface area contributed by atoms with Crippen molar-refractivity contribution in [3.05, 3.63) is 193 Å². The Bertz CT molecular complexity index is 3100. The van der Waals surface area contributed by atoms with Crippen molar-refractivity contribution < 1.29 is 0 Å². The van der Waals surface area contributed by atoms with Crippen LogP contribution in [0.4, 0.5) is 0 Å². The minimum atomic E-state index is -0.128. The molecule has 8 aromatic carbocycles. The topological polar surface area (TPSA) is 43.6 Å². The first-order chi connectivity index (χ1) is 27.5. The summed E-state index contributed by atoms with van der Waals surface area (Å²) in [5.74, 6) is 1.90. The van der Waals surface area contributed by atoms with E-state index in [0.717, 1.165) is 39.0 Å². The van der Waals surface area contributed by atoms with Crippen LogP contribution in [0.2, 0.25) is 0 Å². The molecule has 0 fully saturated rings. The minimum absolute atomic E-state index is 0.128. The van der Waals surface area contributed by atoms with E-state index in [2.05, 4.69) is 164 Å². The summed E-state index contributed by atoms with van der Waals surface area (Å²) in [6.45, 7) is 4.70. The van der Waals surface area contributed by atoms with Crippen LogP contribution in [-0.4, -0.2) is 19.5 Å². The van der Waals surface area contributed by atoms with Gasteiger partial charge in [0.05, 0.1) is 11.0 Å². The lowest BCUT2D eigenvalue weighted by atomic mass is 9.82. The van der Waals surface area contributed by atoms with E-state index in [1.807, 2.05) is 36.4 Å². The van der Waals surface area contributed by atoms with Gasteiger partial charge < -0.3 is 4.57 Å². The Hall–Kier alpha value is -7.17. The zero-order valence-corrected chi connectivity index (χ0v) is 31.1. The lowest BCUT2D eigenvalue weighted by molar-refractivity contribution is 0.661. The molecule has 264 valence electrons. The molecule has 0 N–H and O–H groups in total. The van der Waals surface area contributed by atoms with Crippen LogP contribution in [0.3, 0.4) is 0 Å². The number of hydrogen-bond acceptors (Lipinski definition) is 3. The first-order valence-electron chi connectivity index (χ1n) is 19.2. The molecule has 1 aliphatic carbocycles. The molecule has 0 saturated carbocycles. The van der Waals surface area contributed by atoms with Gasteiger partial charge in [-0.05, 0) is 74.5 Å². The average Bonchev–Trinajstić information content (AvgIpc) is 3.70. The summed E-state index contributed by atoms with van der Waals surface area (Å²) in [5.41, 5.74) is 13.6. The summed E-state index contributed by atoms with van der Waals surface area (Å²) in [4.78, 5) is 15.6. The van der Waals surface area contributed by atoms with Gasteiger partial charge in [0.25, 0.3) is 0 Å². The smallest absolute Gasteiger partial charge is 0.164 e. The van der Waals surface area contributed by atoms with Crippen molar-refractivity contribution >= 4 is 32.6 Å². The highest BCUT2D eigenvalue weighted by molar-refractivity contribution is 6.12. The van der Waals surface area contributed by atoms with Crippen LogP contribution >= 0.6 is 0 Å². The molecule has 0 atom stereocenters. The molecule has 0 bridgehead atoms. The summed E-state index contributed by atoms with van der Waals surface area (Å²) in [7, 11) is 0. The highest BCUT2D eigenvalue weighted by atomic mass is 15.0. The van der Waals surface area contributed by atoms with Crippen LogP contribution in [0.15, 0.2) is 182 Å². The third kappa shape index (κ3) is 4.96. The van der Waals surface area contributed by atoms with E-state index < -0.39 is 0 Å². The van der Waals surface area contributed by atoms with Crippen molar-refractivity contribution in [2.45, 2.75) is 19.3 Å².